The highest BCUT2D eigenvalue weighted by molar-refractivity contribution is 6.06. The molecule has 0 saturated carbocycles. The molecular formula is C11H13N3O4. The van der Waals surface area contributed by atoms with Crippen LogP contribution in [-0.4, -0.2) is 21.7 Å². The summed E-state index contributed by atoms with van der Waals surface area (Å²) in [7, 11) is 0. The van der Waals surface area contributed by atoms with Gasteiger partial charge in [-0.1, -0.05) is 13.8 Å². The lowest BCUT2D eigenvalue weighted by Gasteiger charge is -2.06. The van der Waals surface area contributed by atoms with Gasteiger partial charge in [-0.25, -0.2) is 0 Å². The van der Waals surface area contributed by atoms with Crippen molar-refractivity contribution >= 4 is 17.5 Å². The SMILES string of the molecule is CC(C)CC(=O)NC(=O)c1ccncc1[N+](=O)[O-]. The zero-order chi connectivity index (χ0) is 13.7. The molecule has 1 heterocycles. The third-order valence-electron chi connectivity index (χ3n) is 2.09. The Kier molecular flexibility index (Phi) is 4.47. The first-order valence-electron chi connectivity index (χ1n) is 5.34. The standard InChI is InChI=1S/C11H13N3O4/c1-7(2)5-10(15)13-11(16)8-3-4-12-6-9(8)14(17)18/h3-4,6-7H,5H2,1-2H3,(H,13,15,16). The van der Waals surface area contributed by atoms with Gasteiger partial charge in [-0.15, -0.1) is 0 Å². The molecule has 0 bridgehead atoms. The van der Waals surface area contributed by atoms with Gasteiger partial charge in [-0.05, 0) is 12.0 Å². The number of imide groups is 1. The lowest BCUT2D eigenvalue weighted by Crippen LogP contribution is -2.31. The van der Waals surface area contributed by atoms with Crippen molar-refractivity contribution in [2.24, 2.45) is 5.92 Å². The molecule has 0 unspecified atom stereocenters. The molecule has 1 aromatic rings. The maximum atomic E-state index is 11.7. The van der Waals surface area contributed by atoms with Crippen molar-refractivity contribution in [3.63, 3.8) is 0 Å². The van der Waals surface area contributed by atoms with Crippen LogP contribution >= 0.6 is 0 Å². The van der Waals surface area contributed by atoms with E-state index in [1.165, 1.54) is 12.3 Å². The van der Waals surface area contributed by atoms with Crippen LogP contribution in [0.2, 0.25) is 0 Å². The van der Waals surface area contributed by atoms with E-state index < -0.39 is 22.4 Å². The minimum atomic E-state index is -0.783. The lowest BCUT2D eigenvalue weighted by molar-refractivity contribution is -0.385. The zero-order valence-electron chi connectivity index (χ0n) is 10.0. The first-order valence-corrected chi connectivity index (χ1v) is 5.34. The normalized spacial score (nSPS) is 10.2. The van der Waals surface area contributed by atoms with Crippen LogP contribution in [0.1, 0.15) is 30.6 Å². The summed E-state index contributed by atoms with van der Waals surface area (Å²) in [6.45, 7) is 3.66. The molecule has 1 N–H and O–H groups in total. The summed E-state index contributed by atoms with van der Waals surface area (Å²) in [5.74, 6) is -1.14. The number of nitrogens with one attached hydrogen (secondary N) is 1. The summed E-state index contributed by atoms with van der Waals surface area (Å²) in [5.41, 5.74) is -0.598. The van der Waals surface area contributed by atoms with Crippen LogP contribution in [-0.2, 0) is 4.79 Å². The Hall–Kier alpha value is -2.31. The molecule has 7 nitrogen and oxygen atoms in total. The predicted molar refractivity (Wildman–Crippen MR) is 62.8 cm³/mol. The summed E-state index contributed by atoms with van der Waals surface area (Å²) in [6, 6.07) is 1.20. The number of pyridine rings is 1. The van der Waals surface area contributed by atoms with E-state index in [1.54, 1.807) is 0 Å². The lowest BCUT2D eigenvalue weighted by atomic mass is 10.1. The molecule has 0 radical (unpaired) electrons. The number of carbonyl (C=O) groups excluding carboxylic acids is 2. The summed E-state index contributed by atoms with van der Waals surface area (Å²) in [5, 5.41) is 12.8. The molecule has 0 fully saturated rings. The van der Waals surface area contributed by atoms with E-state index in [0.717, 1.165) is 6.20 Å². The number of carbonyl (C=O) groups is 2. The van der Waals surface area contributed by atoms with Gasteiger partial charge >= 0.3 is 0 Å². The molecule has 2 amide bonds. The van der Waals surface area contributed by atoms with Crippen LogP contribution in [0.15, 0.2) is 18.5 Å². The van der Waals surface area contributed by atoms with Crippen LogP contribution in [0.25, 0.3) is 0 Å². The van der Waals surface area contributed by atoms with Crippen LogP contribution in [0.4, 0.5) is 5.69 Å². The van der Waals surface area contributed by atoms with Gasteiger partial charge in [-0.2, -0.15) is 0 Å². The Morgan fingerprint density at radius 2 is 2.17 bits per heavy atom. The number of nitro groups is 1. The number of rotatable bonds is 4. The fourth-order valence-corrected chi connectivity index (χ4v) is 1.34. The van der Waals surface area contributed by atoms with E-state index in [-0.39, 0.29) is 17.9 Å². The van der Waals surface area contributed by atoms with Crippen LogP contribution in [0.3, 0.4) is 0 Å². The Bertz CT molecular complexity index is 485. The molecule has 0 aliphatic heterocycles. The molecule has 7 heteroatoms. The first kappa shape index (κ1) is 13.8. The van der Waals surface area contributed by atoms with Crippen molar-refractivity contribution in [2.75, 3.05) is 0 Å². The van der Waals surface area contributed by atoms with Crippen LogP contribution in [0.5, 0.6) is 0 Å². The molecule has 96 valence electrons. The minimum absolute atomic E-state index is 0.102. The van der Waals surface area contributed by atoms with Gasteiger partial charge in [0.1, 0.15) is 11.8 Å². The number of hydrogen-bond donors (Lipinski definition) is 1. The van der Waals surface area contributed by atoms with Gasteiger partial charge < -0.3 is 0 Å². The number of nitrogens with zero attached hydrogens (tertiary/aromatic N) is 2. The van der Waals surface area contributed by atoms with Crippen LogP contribution in [0, 0.1) is 16.0 Å². The molecule has 0 aliphatic rings. The van der Waals surface area contributed by atoms with Crippen molar-refractivity contribution in [1.82, 2.24) is 10.3 Å². The third-order valence-corrected chi connectivity index (χ3v) is 2.09. The summed E-state index contributed by atoms with van der Waals surface area (Å²) in [4.78, 5) is 36.6. The highest BCUT2D eigenvalue weighted by Gasteiger charge is 2.21. The zero-order valence-corrected chi connectivity index (χ0v) is 10.0. The van der Waals surface area contributed by atoms with E-state index in [9.17, 15) is 19.7 Å². The van der Waals surface area contributed by atoms with E-state index in [4.69, 9.17) is 0 Å². The fourth-order valence-electron chi connectivity index (χ4n) is 1.34. The van der Waals surface area contributed by atoms with E-state index in [0.29, 0.717) is 0 Å². The molecule has 0 spiro atoms. The average Bonchev–Trinajstić information content (AvgIpc) is 2.27. The third kappa shape index (κ3) is 3.62. The Balaban J connectivity index is 2.85. The second-order valence-corrected chi connectivity index (χ2v) is 4.13. The average molecular weight is 251 g/mol. The van der Waals surface area contributed by atoms with Crippen molar-refractivity contribution in [1.29, 1.82) is 0 Å². The fraction of sp³-hybridized carbons (Fsp3) is 0.364. The number of amides is 2. The Labute approximate surface area is 103 Å². The first-order chi connectivity index (χ1) is 8.41. The second-order valence-electron chi connectivity index (χ2n) is 4.13. The quantitative estimate of drug-likeness (QED) is 0.641. The van der Waals surface area contributed by atoms with E-state index in [2.05, 4.69) is 10.3 Å². The molecule has 0 saturated heterocycles. The Morgan fingerprint density at radius 1 is 1.50 bits per heavy atom. The van der Waals surface area contributed by atoms with Gasteiger partial charge in [-0.3, -0.25) is 30.0 Å². The molecule has 0 atom stereocenters. The highest BCUT2D eigenvalue weighted by Crippen LogP contribution is 2.15. The largest absolute Gasteiger partial charge is 0.300 e. The van der Waals surface area contributed by atoms with Gasteiger partial charge in [0, 0.05) is 12.6 Å². The summed E-state index contributed by atoms with van der Waals surface area (Å²) in [6.07, 6.45) is 2.42. The van der Waals surface area contributed by atoms with Gasteiger partial charge in [0.15, 0.2) is 0 Å². The molecule has 0 aromatic carbocycles. The minimum Gasteiger partial charge on any atom is -0.292 e. The second kappa shape index (κ2) is 5.85. The summed E-state index contributed by atoms with van der Waals surface area (Å²) >= 11 is 0. The van der Waals surface area contributed by atoms with Crippen molar-refractivity contribution in [2.45, 2.75) is 20.3 Å². The van der Waals surface area contributed by atoms with Crippen molar-refractivity contribution in [3.05, 3.63) is 34.1 Å². The highest BCUT2D eigenvalue weighted by atomic mass is 16.6. The Morgan fingerprint density at radius 3 is 2.72 bits per heavy atom. The number of aromatic nitrogens is 1. The molecule has 0 aliphatic carbocycles. The molecule has 18 heavy (non-hydrogen) atoms. The van der Waals surface area contributed by atoms with Gasteiger partial charge in [0.2, 0.25) is 5.91 Å². The maximum absolute atomic E-state index is 11.7. The smallest absolute Gasteiger partial charge is 0.292 e. The molecule has 1 rings (SSSR count). The number of hydrogen-bond acceptors (Lipinski definition) is 5. The monoisotopic (exact) mass is 251 g/mol. The maximum Gasteiger partial charge on any atom is 0.300 e. The van der Waals surface area contributed by atoms with Gasteiger partial charge in [0.05, 0.1) is 4.92 Å². The molecular weight excluding hydrogens is 238 g/mol. The van der Waals surface area contributed by atoms with Crippen LogP contribution < -0.4 is 5.32 Å². The van der Waals surface area contributed by atoms with E-state index >= 15 is 0 Å². The van der Waals surface area contributed by atoms with Crippen molar-refractivity contribution in [3.8, 4) is 0 Å². The topological polar surface area (TPSA) is 102 Å². The van der Waals surface area contributed by atoms with E-state index in [1.807, 2.05) is 13.8 Å². The predicted octanol–water partition coefficient (Wildman–Crippen LogP) is 1.29. The summed E-state index contributed by atoms with van der Waals surface area (Å²) < 4.78 is 0. The van der Waals surface area contributed by atoms with Crippen molar-refractivity contribution < 1.29 is 14.5 Å². The van der Waals surface area contributed by atoms with Gasteiger partial charge in [0.25, 0.3) is 11.6 Å². The molecule has 1 aromatic heterocycles.